The van der Waals surface area contributed by atoms with Gasteiger partial charge in [-0.3, -0.25) is 0 Å². The number of alkyl halides is 2. The van der Waals surface area contributed by atoms with Crippen molar-refractivity contribution in [3.05, 3.63) is 29.2 Å². The molecule has 9 heteroatoms. The molecule has 3 heterocycles. The van der Waals surface area contributed by atoms with E-state index in [0.29, 0.717) is 44.9 Å². The van der Waals surface area contributed by atoms with Crippen LogP contribution in [0.15, 0.2) is 12.1 Å². The Balaban J connectivity index is 1.63. The predicted octanol–water partition coefficient (Wildman–Crippen LogP) is 2.84. The fourth-order valence-corrected chi connectivity index (χ4v) is 4.30. The number of hydrogen-bond donors (Lipinski definition) is 1. The lowest BCUT2D eigenvalue weighted by Crippen LogP contribution is -2.44. The van der Waals surface area contributed by atoms with Crippen LogP contribution in [-0.2, 0) is 11.2 Å². The number of anilines is 1. The van der Waals surface area contributed by atoms with Gasteiger partial charge >= 0.3 is 0 Å². The highest BCUT2D eigenvalue weighted by Gasteiger charge is 2.35. The van der Waals surface area contributed by atoms with Gasteiger partial charge in [0.05, 0.1) is 25.0 Å². The van der Waals surface area contributed by atoms with Crippen LogP contribution in [0.4, 0.5) is 14.6 Å². The molecule has 1 saturated heterocycles. The molecule has 1 saturated carbocycles. The lowest BCUT2D eigenvalue weighted by atomic mass is 9.84. The smallest absolute Gasteiger partial charge is 0.252 e. The Morgan fingerprint density at radius 1 is 1.20 bits per heavy atom. The number of morpholine rings is 1. The van der Waals surface area contributed by atoms with Crippen molar-refractivity contribution >= 4 is 5.82 Å². The molecule has 2 fully saturated rings. The highest BCUT2D eigenvalue weighted by atomic mass is 19.3. The van der Waals surface area contributed by atoms with Crippen LogP contribution in [0.2, 0.25) is 0 Å². The molecule has 0 aromatic carbocycles. The van der Waals surface area contributed by atoms with Gasteiger partial charge in [-0.15, -0.1) is 0 Å². The molecule has 2 aromatic rings. The molecule has 1 N–H and O–H groups in total. The minimum Gasteiger partial charge on any atom is -0.394 e. The van der Waals surface area contributed by atoms with E-state index < -0.39 is 5.92 Å². The van der Waals surface area contributed by atoms with Gasteiger partial charge in [0.1, 0.15) is 5.82 Å². The van der Waals surface area contributed by atoms with Crippen LogP contribution in [0.3, 0.4) is 0 Å². The van der Waals surface area contributed by atoms with Crippen molar-refractivity contribution in [3.63, 3.8) is 0 Å². The predicted molar refractivity (Wildman–Crippen MR) is 108 cm³/mol. The summed E-state index contributed by atoms with van der Waals surface area (Å²) >= 11 is 0. The summed E-state index contributed by atoms with van der Waals surface area (Å²) in [6.07, 6.45) is 1.29. The average molecular weight is 421 g/mol. The molecule has 2 aromatic heterocycles. The molecule has 0 bridgehead atoms. The number of aliphatic hydroxyl groups excluding tert-OH is 1. The van der Waals surface area contributed by atoms with Gasteiger partial charge in [0.2, 0.25) is 5.92 Å². The van der Waals surface area contributed by atoms with E-state index in [1.807, 2.05) is 26.0 Å². The Morgan fingerprint density at radius 2 is 1.97 bits per heavy atom. The Morgan fingerprint density at radius 3 is 2.63 bits per heavy atom. The van der Waals surface area contributed by atoms with Crippen LogP contribution in [0.1, 0.15) is 42.8 Å². The number of rotatable bonds is 5. The number of aliphatic hydroxyl groups is 1. The Hall–Kier alpha value is -2.13. The lowest BCUT2D eigenvalue weighted by Gasteiger charge is -2.33. The summed E-state index contributed by atoms with van der Waals surface area (Å²) in [5.41, 5.74) is 2.65. The average Bonchev–Trinajstić information content (AvgIpc) is 3.07. The first kappa shape index (κ1) is 21.1. The van der Waals surface area contributed by atoms with Gasteiger partial charge < -0.3 is 14.7 Å². The molecule has 7 nitrogen and oxygen atoms in total. The molecule has 1 aliphatic carbocycles. The first-order valence-corrected chi connectivity index (χ1v) is 10.6. The minimum atomic E-state index is -2.53. The van der Waals surface area contributed by atoms with Crippen molar-refractivity contribution in [2.24, 2.45) is 5.92 Å². The first-order chi connectivity index (χ1) is 14.3. The zero-order chi connectivity index (χ0) is 21.3. The number of aryl methyl sites for hydroxylation is 2. The van der Waals surface area contributed by atoms with Crippen LogP contribution in [0.5, 0.6) is 0 Å². The standard InChI is InChI=1S/C21H29F2N5O2/c1-14-9-15(2)28(26-14)20-24-17(10-16-3-5-21(22,23)6-4-16)11-19(25-20)27-7-8-30-18(12-27)13-29/h9,11,16,18,29H,3-8,10,12-13H2,1-2H3/t18-/m1/s1. The van der Waals surface area contributed by atoms with E-state index in [1.165, 1.54) is 0 Å². The van der Waals surface area contributed by atoms with E-state index >= 15 is 0 Å². The summed E-state index contributed by atoms with van der Waals surface area (Å²) in [6, 6.07) is 3.91. The van der Waals surface area contributed by atoms with E-state index in [0.717, 1.165) is 22.9 Å². The summed E-state index contributed by atoms with van der Waals surface area (Å²) in [7, 11) is 0. The number of halogens is 2. The number of hydrogen-bond acceptors (Lipinski definition) is 6. The van der Waals surface area contributed by atoms with E-state index in [-0.39, 0.29) is 31.5 Å². The maximum Gasteiger partial charge on any atom is 0.252 e. The molecule has 2 aliphatic rings. The number of aromatic nitrogens is 4. The molecule has 1 atom stereocenters. The van der Waals surface area contributed by atoms with Crippen molar-refractivity contribution < 1.29 is 18.6 Å². The van der Waals surface area contributed by atoms with Crippen LogP contribution >= 0.6 is 0 Å². The van der Waals surface area contributed by atoms with Crippen LogP contribution in [0, 0.1) is 19.8 Å². The molecular formula is C21H29F2N5O2. The maximum atomic E-state index is 13.5. The Labute approximate surface area is 175 Å². The molecule has 0 unspecified atom stereocenters. The zero-order valence-corrected chi connectivity index (χ0v) is 17.5. The summed E-state index contributed by atoms with van der Waals surface area (Å²) in [6.45, 7) is 5.55. The largest absolute Gasteiger partial charge is 0.394 e. The van der Waals surface area contributed by atoms with Gasteiger partial charge in [-0.05, 0) is 45.1 Å². The zero-order valence-electron chi connectivity index (χ0n) is 17.5. The van der Waals surface area contributed by atoms with Crippen molar-refractivity contribution in [1.82, 2.24) is 19.7 Å². The van der Waals surface area contributed by atoms with Gasteiger partial charge in [-0.1, -0.05) is 0 Å². The highest BCUT2D eigenvalue weighted by Crippen LogP contribution is 2.37. The Bertz CT molecular complexity index is 878. The fraction of sp³-hybridized carbons (Fsp3) is 0.667. The molecular weight excluding hydrogens is 392 g/mol. The van der Waals surface area contributed by atoms with Gasteiger partial charge in [0.15, 0.2) is 0 Å². The van der Waals surface area contributed by atoms with Gasteiger partial charge in [-0.25, -0.2) is 18.4 Å². The van der Waals surface area contributed by atoms with E-state index in [9.17, 15) is 13.9 Å². The summed E-state index contributed by atoms with van der Waals surface area (Å²) in [4.78, 5) is 11.6. The SMILES string of the molecule is Cc1cc(C)n(-c2nc(CC3CCC(F)(F)CC3)cc(N3CCO[C@@H](CO)C3)n2)n1. The van der Waals surface area contributed by atoms with E-state index in [2.05, 4.69) is 10.00 Å². The summed E-state index contributed by atoms with van der Waals surface area (Å²) < 4.78 is 34.4. The Kier molecular flexibility index (Phi) is 6.02. The third-order valence-corrected chi connectivity index (χ3v) is 5.95. The fourth-order valence-electron chi connectivity index (χ4n) is 4.30. The normalized spacial score (nSPS) is 22.4. The lowest BCUT2D eigenvalue weighted by molar-refractivity contribution is -0.0457. The topological polar surface area (TPSA) is 76.3 Å². The monoisotopic (exact) mass is 421 g/mol. The number of ether oxygens (including phenoxy) is 1. The molecule has 4 rings (SSSR count). The summed E-state index contributed by atoms with van der Waals surface area (Å²) in [5.74, 6) is -1.10. The van der Waals surface area contributed by atoms with Crippen LogP contribution in [-0.4, -0.2) is 63.2 Å². The third-order valence-electron chi connectivity index (χ3n) is 5.95. The second-order valence-corrected chi connectivity index (χ2v) is 8.48. The highest BCUT2D eigenvalue weighted by molar-refractivity contribution is 5.43. The van der Waals surface area contributed by atoms with Crippen LogP contribution in [0.25, 0.3) is 5.95 Å². The van der Waals surface area contributed by atoms with Crippen molar-refractivity contribution in [2.75, 3.05) is 31.2 Å². The molecule has 0 radical (unpaired) electrons. The van der Waals surface area contributed by atoms with Gasteiger partial charge in [-0.2, -0.15) is 10.1 Å². The van der Waals surface area contributed by atoms with Gasteiger partial charge in [0.25, 0.3) is 5.95 Å². The molecule has 164 valence electrons. The first-order valence-electron chi connectivity index (χ1n) is 10.6. The molecule has 1 aliphatic heterocycles. The third kappa shape index (κ3) is 4.78. The molecule has 30 heavy (non-hydrogen) atoms. The van der Waals surface area contributed by atoms with Crippen molar-refractivity contribution in [2.45, 2.75) is 58.0 Å². The quantitative estimate of drug-likeness (QED) is 0.800. The van der Waals surface area contributed by atoms with E-state index in [4.69, 9.17) is 14.7 Å². The summed E-state index contributed by atoms with van der Waals surface area (Å²) in [5, 5.41) is 14.0. The molecule has 0 amide bonds. The van der Waals surface area contributed by atoms with Gasteiger partial charge in [0, 0.05) is 43.4 Å². The second kappa shape index (κ2) is 8.55. The van der Waals surface area contributed by atoms with E-state index in [1.54, 1.807) is 4.68 Å². The number of nitrogens with zero attached hydrogens (tertiary/aromatic N) is 5. The maximum absolute atomic E-state index is 13.5. The second-order valence-electron chi connectivity index (χ2n) is 8.48. The molecule has 0 spiro atoms. The van der Waals surface area contributed by atoms with Crippen molar-refractivity contribution in [1.29, 1.82) is 0 Å². The minimum absolute atomic E-state index is 0.0466. The van der Waals surface area contributed by atoms with Crippen molar-refractivity contribution in [3.8, 4) is 5.95 Å². The van der Waals surface area contributed by atoms with Crippen LogP contribution < -0.4 is 4.90 Å².